The molecule has 0 radical (unpaired) electrons. The van der Waals surface area contributed by atoms with Crippen LogP contribution in [0, 0.1) is 6.08 Å². The van der Waals surface area contributed by atoms with Gasteiger partial charge in [-0.25, -0.2) is 17.2 Å². The number of allylic oxidation sites excluding steroid dienone is 4. The van der Waals surface area contributed by atoms with Crippen molar-refractivity contribution in [3.8, 4) is 0 Å². The van der Waals surface area contributed by atoms with E-state index in [0.717, 1.165) is 6.42 Å². The monoisotopic (exact) mass is 412 g/mol. The van der Waals surface area contributed by atoms with E-state index < -0.39 is 0 Å². The summed E-state index contributed by atoms with van der Waals surface area (Å²) < 4.78 is 0. The van der Waals surface area contributed by atoms with Crippen LogP contribution in [-0.4, -0.2) is 0 Å². The molecule has 0 bridgehead atoms. The third-order valence-electron chi connectivity index (χ3n) is 4.06. The maximum absolute atomic E-state index is 3.60. The number of hydrogen-bond acceptors (Lipinski definition) is 0. The van der Waals surface area contributed by atoms with Gasteiger partial charge in [0.1, 0.15) is 0 Å². The number of halogens is 3. The molecule has 124 valence electrons. The van der Waals surface area contributed by atoms with Gasteiger partial charge >= 0.3 is 21.7 Å². The fraction of sp³-hybridized carbons (Fsp3) is 0.200. The van der Waals surface area contributed by atoms with Crippen molar-refractivity contribution < 1.29 is 58.9 Å². The molecule has 0 spiro atoms. The Morgan fingerprint density at radius 2 is 1.17 bits per heavy atom. The Morgan fingerprint density at radius 3 is 1.50 bits per heavy atom. The largest absolute Gasteiger partial charge is 4.00 e. The van der Waals surface area contributed by atoms with Crippen molar-refractivity contribution in [1.82, 2.24) is 0 Å². The Bertz CT molecular complexity index is 624. The molecule has 1 aliphatic rings. The van der Waals surface area contributed by atoms with Crippen molar-refractivity contribution in [3.05, 3.63) is 94.6 Å². The third kappa shape index (κ3) is 5.79. The second-order valence-electron chi connectivity index (χ2n) is 5.49. The summed E-state index contributed by atoms with van der Waals surface area (Å²) in [5, 5.41) is 0. The van der Waals surface area contributed by atoms with Crippen molar-refractivity contribution in [1.29, 1.82) is 0 Å². The third-order valence-corrected chi connectivity index (χ3v) is 4.06. The number of benzene rings is 2. The zero-order valence-electron chi connectivity index (χ0n) is 13.7. The Labute approximate surface area is 178 Å². The molecule has 0 unspecified atom stereocenters. The second-order valence-corrected chi connectivity index (χ2v) is 5.49. The van der Waals surface area contributed by atoms with E-state index in [1.165, 1.54) is 27.8 Å². The van der Waals surface area contributed by atoms with Gasteiger partial charge < -0.3 is 37.2 Å². The average Bonchev–Trinajstić information content (AvgIpc) is 2.81. The Hall–Kier alpha value is -0.496. The van der Waals surface area contributed by atoms with E-state index in [4.69, 9.17) is 0 Å². The van der Waals surface area contributed by atoms with Gasteiger partial charge in [-0.05, 0) is 11.1 Å². The van der Waals surface area contributed by atoms with Crippen LogP contribution in [0.4, 0.5) is 0 Å². The van der Waals surface area contributed by atoms with Gasteiger partial charge in [0.15, 0.2) is 0 Å². The minimum Gasteiger partial charge on any atom is -1.00 e. The molecule has 3 rings (SSSR count). The van der Waals surface area contributed by atoms with Crippen LogP contribution in [0.2, 0.25) is 0 Å². The summed E-state index contributed by atoms with van der Waals surface area (Å²) in [7, 11) is 0. The normalized spacial score (nSPS) is 12.4. The van der Waals surface area contributed by atoms with Gasteiger partial charge in [-0.3, -0.25) is 0 Å². The van der Waals surface area contributed by atoms with Crippen molar-refractivity contribution in [2.24, 2.45) is 0 Å². The molecule has 2 aromatic carbocycles. The van der Waals surface area contributed by atoms with Gasteiger partial charge in [0.05, 0.1) is 0 Å². The predicted molar refractivity (Wildman–Crippen MR) is 84.5 cm³/mol. The van der Waals surface area contributed by atoms with Gasteiger partial charge in [-0.15, -0.1) is 6.92 Å². The van der Waals surface area contributed by atoms with Crippen LogP contribution in [-0.2, 0) is 21.7 Å². The van der Waals surface area contributed by atoms with Crippen LogP contribution in [0.1, 0.15) is 37.3 Å². The molecule has 2 aromatic rings. The summed E-state index contributed by atoms with van der Waals surface area (Å²) in [5.74, 6) is 0.324. The summed E-state index contributed by atoms with van der Waals surface area (Å²) in [5.41, 5.74) is 6.83. The standard InChI is InChI=1S/C20H19.3ClH.Ti/c1-15-13-19(14-16(15)2)20(17-9-5-3-6-10-17)18-11-7-4-8-12-18;;;;/h3-12,20H,13H2,1-2H3;3*1H;/q-1;;;;+4/p-3. The minimum absolute atomic E-state index is 0. The first-order valence-corrected chi connectivity index (χ1v) is 7.14. The van der Waals surface area contributed by atoms with Gasteiger partial charge in [-0.2, -0.15) is 5.57 Å². The first-order valence-electron chi connectivity index (χ1n) is 7.14. The Balaban J connectivity index is 0. The molecule has 24 heavy (non-hydrogen) atoms. The molecule has 0 N–H and O–H groups in total. The van der Waals surface area contributed by atoms with Crippen molar-refractivity contribution >= 4 is 0 Å². The van der Waals surface area contributed by atoms with Gasteiger partial charge in [0, 0.05) is 5.92 Å². The Kier molecular flexibility index (Phi) is 12.8. The predicted octanol–water partition coefficient (Wildman–Crippen LogP) is -3.70. The van der Waals surface area contributed by atoms with Crippen LogP contribution < -0.4 is 37.2 Å². The van der Waals surface area contributed by atoms with Crippen LogP contribution in [0.25, 0.3) is 0 Å². The summed E-state index contributed by atoms with van der Waals surface area (Å²) in [6, 6.07) is 21.5. The molecule has 0 aromatic heterocycles. The van der Waals surface area contributed by atoms with Gasteiger partial charge in [0.25, 0.3) is 0 Å². The number of rotatable bonds is 3. The maximum atomic E-state index is 3.60. The SMILES string of the molecule is CC1=C(C)CC(C(c2ccccc2)c2ccccc2)=[C-]1.[Cl-].[Cl-].[Cl-].[Ti+4]. The average molecular weight is 414 g/mol. The van der Waals surface area contributed by atoms with Crippen molar-refractivity contribution in [2.75, 3.05) is 0 Å². The zero-order chi connectivity index (χ0) is 13.9. The van der Waals surface area contributed by atoms with Crippen molar-refractivity contribution in [2.45, 2.75) is 26.2 Å². The van der Waals surface area contributed by atoms with Crippen LogP contribution in [0.5, 0.6) is 0 Å². The molecule has 4 heteroatoms. The fourth-order valence-corrected chi connectivity index (χ4v) is 2.87. The second kappa shape index (κ2) is 12.0. The number of hydrogen-bond donors (Lipinski definition) is 0. The molecule has 0 fully saturated rings. The molecule has 0 heterocycles. The molecular weight excluding hydrogens is 394 g/mol. The summed E-state index contributed by atoms with van der Waals surface area (Å²) in [6.07, 6.45) is 4.64. The molecule has 0 atom stereocenters. The molecule has 0 amide bonds. The van der Waals surface area contributed by atoms with E-state index in [1.807, 2.05) is 0 Å². The van der Waals surface area contributed by atoms with E-state index in [9.17, 15) is 0 Å². The molecular formula is C20H19Cl3Ti. The van der Waals surface area contributed by atoms with E-state index in [1.54, 1.807) is 0 Å². The first kappa shape index (κ1) is 25.7. The molecule has 0 saturated heterocycles. The molecule has 0 nitrogen and oxygen atoms in total. The summed E-state index contributed by atoms with van der Waals surface area (Å²) >= 11 is 0. The fourth-order valence-electron chi connectivity index (χ4n) is 2.87. The topological polar surface area (TPSA) is 0 Å². The van der Waals surface area contributed by atoms with E-state index in [-0.39, 0.29) is 58.9 Å². The zero-order valence-corrected chi connectivity index (χ0v) is 17.5. The smallest absolute Gasteiger partial charge is 1.00 e. The summed E-state index contributed by atoms with van der Waals surface area (Å²) in [4.78, 5) is 0. The van der Waals surface area contributed by atoms with Crippen molar-refractivity contribution in [3.63, 3.8) is 0 Å². The molecule has 1 aliphatic carbocycles. The van der Waals surface area contributed by atoms with Crippen LogP contribution in [0.3, 0.4) is 0 Å². The quantitative estimate of drug-likeness (QED) is 0.359. The molecule has 0 aliphatic heterocycles. The van der Waals surface area contributed by atoms with E-state index in [2.05, 4.69) is 80.6 Å². The van der Waals surface area contributed by atoms with E-state index in [0.29, 0.717) is 5.92 Å². The Morgan fingerprint density at radius 1 is 0.750 bits per heavy atom. The van der Waals surface area contributed by atoms with Crippen LogP contribution in [0.15, 0.2) is 77.4 Å². The van der Waals surface area contributed by atoms with Gasteiger partial charge in [-0.1, -0.05) is 74.0 Å². The van der Waals surface area contributed by atoms with Gasteiger partial charge in [0.2, 0.25) is 0 Å². The first-order chi connectivity index (χ1) is 9.75. The minimum atomic E-state index is 0. The summed E-state index contributed by atoms with van der Waals surface area (Å²) in [6.45, 7) is 4.37. The van der Waals surface area contributed by atoms with E-state index >= 15 is 0 Å². The molecule has 0 saturated carbocycles. The maximum Gasteiger partial charge on any atom is 4.00 e. The van der Waals surface area contributed by atoms with Crippen LogP contribution >= 0.6 is 0 Å².